The number of rotatable bonds is 7. The summed E-state index contributed by atoms with van der Waals surface area (Å²) < 4.78 is 5.38. The standard InChI is InChI=1S/C13H22N2O/c1-2-16-12-8-6-11(7-9-12)13(15)5-3-4-10-14/h6-9,13H,2-5,10,14-15H2,1H3/t13-/m0/s1. The van der Waals surface area contributed by atoms with Gasteiger partial charge in [0.15, 0.2) is 0 Å². The Hall–Kier alpha value is -1.06. The van der Waals surface area contributed by atoms with Gasteiger partial charge in [0.05, 0.1) is 6.61 Å². The molecule has 90 valence electrons. The van der Waals surface area contributed by atoms with Crippen LogP contribution in [0.4, 0.5) is 0 Å². The van der Waals surface area contributed by atoms with Crippen LogP contribution in [0.3, 0.4) is 0 Å². The van der Waals surface area contributed by atoms with Crippen LogP contribution in [-0.4, -0.2) is 13.2 Å². The molecular weight excluding hydrogens is 200 g/mol. The Kier molecular flexibility index (Phi) is 5.90. The summed E-state index contributed by atoms with van der Waals surface area (Å²) in [5, 5.41) is 0. The Bertz CT molecular complexity index is 284. The SMILES string of the molecule is CCOc1ccc([C@@H](N)CCCCN)cc1. The maximum absolute atomic E-state index is 6.08. The third-order valence-electron chi connectivity index (χ3n) is 2.59. The van der Waals surface area contributed by atoms with Gasteiger partial charge in [-0.05, 0) is 44.0 Å². The lowest BCUT2D eigenvalue weighted by molar-refractivity contribution is 0.340. The van der Waals surface area contributed by atoms with Gasteiger partial charge in [0.1, 0.15) is 5.75 Å². The van der Waals surface area contributed by atoms with Crippen molar-refractivity contribution in [2.45, 2.75) is 32.2 Å². The third kappa shape index (κ3) is 4.21. The summed E-state index contributed by atoms with van der Waals surface area (Å²) in [6, 6.07) is 8.14. The van der Waals surface area contributed by atoms with Crippen LogP contribution in [0, 0.1) is 0 Å². The lowest BCUT2D eigenvalue weighted by atomic mass is 10.0. The van der Waals surface area contributed by atoms with Crippen molar-refractivity contribution in [3.63, 3.8) is 0 Å². The van der Waals surface area contributed by atoms with Crippen LogP contribution in [0.15, 0.2) is 24.3 Å². The highest BCUT2D eigenvalue weighted by atomic mass is 16.5. The predicted octanol–water partition coefficient (Wildman–Crippen LogP) is 2.21. The molecule has 0 aliphatic rings. The number of hydrogen-bond acceptors (Lipinski definition) is 3. The Morgan fingerprint density at radius 3 is 2.44 bits per heavy atom. The number of hydrogen-bond donors (Lipinski definition) is 2. The van der Waals surface area contributed by atoms with Crippen molar-refractivity contribution >= 4 is 0 Å². The highest BCUT2D eigenvalue weighted by Gasteiger charge is 2.05. The molecule has 1 rings (SSSR count). The largest absolute Gasteiger partial charge is 0.494 e. The monoisotopic (exact) mass is 222 g/mol. The summed E-state index contributed by atoms with van der Waals surface area (Å²) >= 11 is 0. The number of unbranched alkanes of at least 4 members (excludes halogenated alkanes) is 1. The zero-order chi connectivity index (χ0) is 11.8. The molecule has 1 atom stereocenters. The van der Waals surface area contributed by atoms with Gasteiger partial charge in [-0.2, -0.15) is 0 Å². The molecule has 1 aromatic carbocycles. The zero-order valence-electron chi connectivity index (χ0n) is 9.99. The van der Waals surface area contributed by atoms with E-state index in [1.54, 1.807) is 0 Å². The van der Waals surface area contributed by atoms with Crippen LogP contribution in [-0.2, 0) is 0 Å². The van der Waals surface area contributed by atoms with Crippen molar-refractivity contribution in [3.05, 3.63) is 29.8 Å². The van der Waals surface area contributed by atoms with E-state index in [-0.39, 0.29) is 6.04 Å². The van der Waals surface area contributed by atoms with Gasteiger partial charge in [0, 0.05) is 6.04 Å². The first kappa shape index (κ1) is 13.0. The topological polar surface area (TPSA) is 61.3 Å². The molecule has 0 saturated heterocycles. The van der Waals surface area contributed by atoms with E-state index in [4.69, 9.17) is 16.2 Å². The molecule has 3 heteroatoms. The Morgan fingerprint density at radius 1 is 1.19 bits per heavy atom. The van der Waals surface area contributed by atoms with E-state index in [1.165, 1.54) is 5.56 Å². The highest BCUT2D eigenvalue weighted by molar-refractivity contribution is 5.28. The van der Waals surface area contributed by atoms with Gasteiger partial charge in [0.2, 0.25) is 0 Å². The van der Waals surface area contributed by atoms with E-state index in [9.17, 15) is 0 Å². The fourth-order valence-electron chi connectivity index (χ4n) is 1.65. The minimum atomic E-state index is 0.113. The molecule has 3 nitrogen and oxygen atoms in total. The lowest BCUT2D eigenvalue weighted by Crippen LogP contribution is -2.11. The van der Waals surface area contributed by atoms with Gasteiger partial charge in [-0.3, -0.25) is 0 Å². The van der Waals surface area contributed by atoms with Crippen LogP contribution in [0.25, 0.3) is 0 Å². The Labute approximate surface area is 97.8 Å². The fourth-order valence-corrected chi connectivity index (χ4v) is 1.65. The van der Waals surface area contributed by atoms with Crippen molar-refractivity contribution in [3.8, 4) is 5.75 Å². The molecule has 0 unspecified atom stereocenters. The maximum atomic E-state index is 6.08. The summed E-state index contributed by atoms with van der Waals surface area (Å²) in [6.45, 7) is 3.42. The molecular formula is C13H22N2O. The van der Waals surface area contributed by atoms with E-state index in [2.05, 4.69) is 0 Å². The predicted molar refractivity (Wildman–Crippen MR) is 67.4 cm³/mol. The molecule has 0 aliphatic carbocycles. The third-order valence-corrected chi connectivity index (χ3v) is 2.59. The Morgan fingerprint density at radius 2 is 1.88 bits per heavy atom. The number of benzene rings is 1. The van der Waals surface area contributed by atoms with Crippen molar-refractivity contribution in [1.82, 2.24) is 0 Å². The minimum absolute atomic E-state index is 0.113. The van der Waals surface area contributed by atoms with Gasteiger partial charge >= 0.3 is 0 Å². The second-order valence-corrected chi connectivity index (χ2v) is 3.89. The van der Waals surface area contributed by atoms with Crippen molar-refractivity contribution in [2.24, 2.45) is 11.5 Å². The van der Waals surface area contributed by atoms with E-state index in [0.717, 1.165) is 31.6 Å². The first-order chi connectivity index (χ1) is 7.77. The van der Waals surface area contributed by atoms with Crippen molar-refractivity contribution in [1.29, 1.82) is 0 Å². The quantitative estimate of drug-likeness (QED) is 0.695. The summed E-state index contributed by atoms with van der Waals surface area (Å²) in [6.07, 6.45) is 3.13. The molecule has 0 radical (unpaired) electrons. The molecule has 4 N–H and O–H groups in total. The lowest BCUT2D eigenvalue weighted by Gasteiger charge is -2.12. The smallest absolute Gasteiger partial charge is 0.119 e. The minimum Gasteiger partial charge on any atom is -0.494 e. The van der Waals surface area contributed by atoms with E-state index in [0.29, 0.717) is 6.61 Å². The van der Waals surface area contributed by atoms with Crippen LogP contribution in [0.2, 0.25) is 0 Å². The molecule has 0 heterocycles. The zero-order valence-corrected chi connectivity index (χ0v) is 9.99. The fraction of sp³-hybridized carbons (Fsp3) is 0.538. The second-order valence-electron chi connectivity index (χ2n) is 3.89. The summed E-state index contributed by atoms with van der Waals surface area (Å²) in [5.74, 6) is 0.903. The normalized spacial score (nSPS) is 12.4. The molecule has 16 heavy (non-hydrogen) atoms. The van der Waals surface area contributed by atoms with E-state index < -0.39 is 0 Å². The molecule has 0 fully saturated rings. The second kappa shape index (κ2) is 7.25. The van der Waals surface area contributed by atoms with Gasteiger partial charge < -0.3 is 16.2 Å². The van der Waals surface area contributed by atoms with Gasteiger partial charge in [-0.15, -0.1) is 0 Å². The number of ether oxygens (including phenoxy) is 1. The van der Waals surface area contributed by atoms with Crippen LogP contribution in [0.1, 0.15) is 37.8 Å². The molecule has 0 aliphatic heterocycles. The molecule has 1 aromatic rings. The van der Waals surface area contributed by atoms with Gasteiger partial charge in [-0.1, -0.05) is 18.6 Å². The average Bonchev–Trinajstić information content (AvgIpc) is 2.30. The van der Waals surface area contributed by atoms with E-state index in [1.807, 2.05) is 31.2 Å². The van der Waals surface area contributed by atoms with Crippen LogP contribution >= 0.6 is 0 Å². The van der Waals surface area contributed by atoms with Crippen LogP contribution < -0.4 is 16.2 Å². The highest BCUT2D eigenvalue weighted by Crippen LogP contribution is 2.19. The summed E-state index contributed by atoms with van der Waals surface area (Å²) in [7, 11) is 0. The first-order valence-corrected chi connectivity index (χ1v) is 5.96. The van der Waals surface area contributed by atoms with Gasteiger partial charge in [0.25, 0.3) is 0 Å². The van der Waals surface area contributed by atoms with Crippen molar-refractivity contribution in [2.75, 3.05) is 13.2 Å². The Balaban J connectivity index is 2.46. The molecule has 0 amide bonds. The van der Waals surface area contributed by atoms with Gasteiger partial charge in [-0.25, -0.2) is 0 Å². The summed E-state index contributed by atoms with van der Waals surface area (Å²) in [4.78, 5) is 0. The number of nitrogens with two attached hydrogens (primary N) is 2. The average molecular weight is 222 g/mol. The summed E-state index contributed by atoms with van der Waals surface area (Å²) in [5.41, 5.74) is 12.7. The molecule has 0 bridgehead atoms. The van der Waals surface area contributed by atoms with Crippen LogP contribution in [0.5, 0.6) is 5.75 Å². The molecule has 0 aromatic heterocycles. The van der Waals surface area contributed by atoms with E-state index >= 15 is 0 Å². The molecule has 0 saturated carbocycles. The van der Waals surface area contributed by atoms with Crippen molar-refractivity contribution < 1.29 is 4.74 Å². The maximum Gasteiger partial charge on any atom is 0.119 e. The first-order valence-electron chi connectivity index (χ1n) is 5.96. The molecule has 0 spiro atoms.